The lowest BCUT2D eigenvalue weighted by Crippen LogP contribution is -2.27. The van der Waals surface area contributed by atoms with E-state index in [0.717, 1.165) is 11.3 Å². The number of sulfonamides is 1. The highest BCUT2D eigenvalue weighted by Gasteiger charge is 2.19. The van der Waals surface area contributed by atoms with Crippen molar-refractivity contribution in [3.8, 4) is 0 Å². The number of nitrogens with zero attached hydrogens (tertiary/aromatic N) is 2. The van der Waals surface area contributed by atoms with Crippen molar-refractivity contribution in [3.63, 3.8) is 0 Å². The first-order chi connectivity index (χ1) is 13.3. The zero-order valence-corrected chi connectivity index (χ0v) is 16.6. The van der Waals surface area contributed by atoms with Gasteiger partial charge in [-0.3, -0.25) is 4.79 Å². The lowest BCUT2D eigenvalue weighted by molar-refractivity contribution is 0.0784. The Morgan fingerprint density at radius 3 is 2.46 bits per heavy atom. The van der Waals surface area contributed by atoms with Gasteiger partial charge in [-0.15, -0.1) is 0 Å². The van der Waals surface area contributed by atoms with E-state index >= 15 is 0 Å². The molecule has 0 aliphatic rings. The Bertz CT molecular complexity index is 1030. The number of furan rings is 1. The van der Waals surface area contributed by atoms with Gasteiger partial charge in [0.25, 0.3) is 5.91 Å². The van der Waals surface area contributed by atoms with Crippen molar-refractivity contribution in [1.29, 1.82) is 0 Å². The van der Waals surface area contributed by atoms with Gasteiger partial charge in [0.1, 0.15) is 11.5 Å². The van der Waals surface area contributed by atoms with Gasteiger partial charge in [-0.05, 0) is 50.2 Å². The van der Waals surface area contributed by atoms with E-state index in [1.807, 2.05) is 6.92 Å². The fourth-order valence-corrected chi connectivity index (χ4v) is 3.69. The quantitative estimate of drug-likeness (QED) is 0.650. The molecule has 8 nitrogen and oxygen atoms in total. The van der Waals surface area contributed by atoms with E-state index in [0.29, 0.717) is 23.6 Å². The van der Waals surface area contributed by atoms with Gasteiger partial charge in [0, 0.05) is 18.2 Å². The van der Waals surface area contributed by atoms with E-state index in [4.69, 9.17) is 8.94 Å². The van der Waals surface area contributed by atoms with Gasteiger partial charge in [-0.2, -0.15) is 0 Å². The normalized spacial score (nSPS) is 11.5. The Labute approximate surface area is 163 Å². The summed E-state index contributed by atoms with van der Waals surface area (Å²) >= 11 is 0. The summed E-state index contributed by atoms with van der Waals surface area (Å²) in [5, 5.41) is 3.88. The highest BCUT2D eigenvalue weighted by molar-refractivity contribution is 7.89. The van der Waals surface area contributed by atoms with Crippen molar-refractivity contribution in [2.45, 2.75) is 31.8 Å². The summed E-state index contributed by atoms with van der Waals surface area (Å²) in [6.45, 7) is 4.02. The molecular formula is C19H21N3O5S. The Kier molecular flexibility index (Phi) is 5.66. The Morgan fingerprint density at radius 2 is 1.89 bits per heavy atom. The molecule has 148 valence electrons. The van der Waals surface area contributed by atoms with E-state index < -0.39 is 10.0 Å². The molecule has 1 N–H and O–H groups in total. The molecule has 0 saturated heterocycles. The van der Waals surface area contributed by atoms with Crippen molar-refractivity contribution >= 4 is 15.9 Å². The van der Waals surface area contributed by atoms with Crippen LogP contribution in [0.4, 0.5) is 0 Å². The van der Waals surface area contributed by atoms with Crippen molar-refractivity contribution in [1.82, 2.24) is 14.8 Å². The molecule has 0 atom stereocenters. The summed E-state index contributed by atoms with van der Waals surface area (Å²) in [6, 6.07) is 9.16. The molecular weight excluding hydrogens is 382 g/mol. The first kappa shape index (κ1) is 19.8. The van der Waals surface area contributed by atoms with E-state index in [1.165, 1.54) is 35.4 Å². The molecule has 0 saturated carbocycles. The van der Waals surface area contributed by atoms with Crippen molar-refractivity contribution < 1.29 is 22.2 Å². The molecule has 0 spiro atoms. The highest BCUT2D eigenvalue weighted by Crippen LogP contribution is 2.17. The minimum Gasteiger partial charge on any atom is -0.468 e. The SMILES string of the molecule is Cc1noc(C)c1CN(C)C(=O)c1ccc(S(=O)(=O)NCc2ccco2)cc1. The van der Waals surface area contributed by atoms with Gasteiger partial charge < -0.3 is 13.8 Å². The van der Waals surface area contributed by atoms with E-state index in [1.54, 1.807) is 26.1 Å². The van der Waals surface area contributed by atoms with Crippen LogP contribution < -0.4 is 4.72 Å². The molecule has 3 aromatic rings. The van der Waals surface area contributed by atoms with Crippen LogP contribution in [-0.2, 0) is 23.1 Å². The topological polar surface area (TPSA) is 106 Å². The number of hydrogen-bond acceptors (Lipinski definition) is 6. The lowest BCUT2D eigenvalue weighted by Gasteiger charge is -2.17. The number of hydrogen-bond donors (Lipinski definition) is 1. The second-order valence-corrected chi connectivity index (χ2v) is 8.16. The monoisotopic (exact) mass is 403 g/mol. The van der Waals surface area contributed by atoms with E-state index in [9.17, 15) is 13.2 Å². The molecule has 0 aliphatic carbocycles. The van der Waals surface area contributed by atoms with Crippen molar-refractivity contribution in [2.24, 2.45) is 0 Å². The average molecular weight is 403 g/mol. The molecule has 0 bridgehead atoms. The molecule has 0 aliphatic heterocycles. The Hall–Kier alpha value is -2.91. The molecule has 1 aromatic carbocycles. The Morgan fingerprint density at radius 1 is 1.18 bits per heavy atom. The second-order valence-electron chi connectivity index (χ2n) is 6.39. The first-order valence-electron chi connectivity index (χ1n) is 8.57. The zero-order valence-electron chi connectivity index (χ0n) is 15.8. The molecule has 1 amide bonds. The number of benzene rings is 1. The van der Waals surface area contributed by atoms with Crippen molar-refractivity contribution in [2.75, 3.05) is 7.05 Å². The third-order valence-corrected chi connectivity index (χ3v) is 5.77. The molecule has 2 aromatic heterocycles. The maximum absolute atomic E-state index is 12.6. The number of carbonyl (C=O) groups is 1. The summed E-state index contributed by atoms with van der Waals surface area (Å²) in [4.78, 5) is 14.2. The van der Waals surface area contributed by atoms with Crippen LogP contribution in [0.2, 0.25) is 0 Å². The fourth-order valence-electron chi connectivity index (χ4n) is 2.70. The van der Waals surface area contributed by atoms with Crippen LogP contribution in [0.25, 0.3) is 0 Å². The third kappa shape index (κ3) is 4.32. The molecule has 2 heterocycles. The average Bonchev–Trinajstić information content (AvgIpc) is 3.31. The summed E-state index contributed by atoms with van der Waals surface area (Å²) in [5.41, 5.74) is 1.98. The van der Waals surface area contributed by atoms with Gasteiger partial charge in [0.15, 0.2) is 0 Å². The van der Waals surface area contributed by atoms with Crippen LogP contribution in [0.15, 0.2) is 56.5 Å². The largest absolute Gasteiger partial charge is 0.468 e. The first-order valence-corrected chi connectivity index (χ1v) is 10.1. The standard InChI is InChI=1S/C19H21N3O5S/c1-13-18(14(2)27-21-13)12-22(3)19(23)15-6-8-17(9-7-15)28(24,25)20-11-16-5-4-10-26-16/h4-10,20H,11-12H2,1-3H3. The summed E-state index contributed by atoms with van der Waals surface area (Å²) < 4.78 is 37.4. The summed E-state index contributed by atoms with van der Waals surface area (Å²) in [6.07, 6.45) is 1.48. The second kappa shape index (κ2) is 7.99. The third-order valence-electron chi connectivity index (χ3n) is 4.35. The molecule has 0 radical (unpaired) electrons. The number of aryl methyl sites for hydroxylation is 2. The maximum atomic E-state index is 12.6. The predicted octanol–water partition coefficient (Wildman–Crippen LogP) is 2.64. The van der Waals surface area contributed by atoms with Gasteiger partial charge in [0.05, 0.1) is 29.9 Å². The van der Waals surface area contributed by atoms with Crippen molar-refractivity contribution in [3.05, 3.63) is 71.0 Å². The number of aromatic nitrogens is 1. The highest BCUT2D eigenvalue weighted by atomic mass is 32.2. The smallest absolute Gasteiger partial charge is 0.253 e. The molecule has 9 heteroatoms. The maximum Gasteiger partial charge on any atom is 0.253 e. The number of amides is 1. The van der Waals surface area contributed by atoms with Crippen LogP contribution >= 0.6 is 0 Å². The lowest BCUT2D eigenvalue weighted by atomic mass is 10.1. The van der Waals surface area contributed by atoms with Gasteiger partial charge >= 0.3 is 0 Å². The number of rotatable bonds is 7. The minimum absolute atomic E-state index is 0.0518. The number of carbonyl (C=O) groups excluding carboxylic acids is 1. The molecule has 28 heavy (non-hydrogen) atoms. The molecule has 0 unspecified atom stereocenters. The van der Waals surface area contributed by atoms with E-state index in [2.05, 4.69) is 9.88 Å². The zero-order chi connectivity index (χ0) is 20.3. The summed E-state index contributed by atoms with van der Waals surface area (Å²) in [5.74, 6) is 0.949. The van der Waals surface area contributed by atoms with Crippen LogP contribution in [0, 0.1) is 13.8 Å². The van der Waals surface area contributed by atoms with Gasteiger partial charge in [0.2, 0.25) is 10.0 Å². The molecule has 3 rings (SSSR count). The van der Waals surface area contributed by atoms with Crippen LogP contribution in [0.3, 0.4) is 0 Å². The van der Waals surface area contributed by atoms with E-state index in [-0.39, 0.29) is 17.3 Å². The van der Waals surface area contributed by atoms with Crippen LogP contribution in [-0.4, -0.2) is 31.4 Å². The van der Waals surface area contributed by atoms with Gasteiger partial charge in [-0.25, -0.2) is 13.1 Å². The van der Waals surface area contributed by atoms with Gasteiger partial charge in [-0.1, -0.05) is 5.16 Å². The molecule has 0 fully saturated rings. The number of nitrogens with one attached hydrogen (secondary N) is 1. The fraction of sp³-hybridized carbons (Fsp3) is 0.263. The Balaban J connectivity index is 1.68. The minimum atomic E-state index is -3.71. The predicted molar refractivity (Wildman–Crippen MR) is 101 cm³/mol. The van der Waals surface area contributed by atoms with Crippen LogP contribution in [0.1, 0.15) is 33.1 Å². The van der Waals surface area contributed by atoms with Crippen LogP contribution in [0.5, 0.6) is 0 Å². The summed E-state index contributed by atoms with van der Waals surface area (Å²) in [7, 11) is -2.04.